The van der Waals surface area contributed by atoms with E-state index in [1.54, 1.807) is 30.3 Å². The number of hydrogen-bond donors (Lipinski definition) is 3. The minimum absolute atomic E-state index is 0.0989. The summed E-state index contributed by atoms with van der Waals surface area (Å²) in [4.78, 5) is 12.1. The highest BCUT2D eigenvalue weighted by Crippen LogP contribution is 2.43. The zero-order valence-electron chi connectivity index (χ0n) is 15.7. The molecule has 148 valence electrons. The maximum absolute atomic E-state index is 12.1. The zero-order chi connectivity index (χ0) is 20.3. The number of hydrazine groups is 1. The van der Waals surface area contributed by atoms with Crippen molar-refractivity contribution in [2.75, 3.05) is 28.1 Å². The van der Waals surface area contributed by atoms with Crippen molar-refractivity contribution in [2.24, 2.45) is 11.6 Å². The number of hydrogen-bond acceptors (Lipinski definition) is 9. The Morgan fingerprint density at radius 3 is 2.43 bits per heavy atom. The van der Waals surface area contributed by atoms with E-state index in [1.807, 2.05) is 0 Å². The summed E-state index contributed by atoms with van der Waals surface area (Å²) in [6, 6.07) is 8.37. The van der Waals surface area contributed by atoms with Gasteiger partial charge in [-0.05, 0) is 30.3 Å². The quantitative estimate of drug-likeness (QED) is 0.292. The van der Waals surface area contributed by atoms with E-state index >= 15 is 0 Å². The van der Waals surface area contributed by atoms with Crippen molar-refractivity contribution in [1.29, 1.82) is 0 Å². The molecule has 9 nitrogen and oxygen atoms in total. The van der Waals surface area contributed by atoms with Crippen LogP contribution in [0.4, 0.5) is 0 Å². The van der Waals surface area contributed by atoms with E-state index in [0.717, 1.165) is 0 Å². The summed E-state index contributed by atoms with van der Waals surface area (Å²) >= 11 is 0. The van der Waals surface area contributed by atoms with E-state index < -0.39 is 5.97 Å². The van der Waals surface area contributed by atoms with E-state index in [9.17, 15) is 4.79 Å². The molecule has 0 aliphatic carbocycles. The van der Waals surface area contributed by atoms with Crippen molar-refractivity contribution in [3.8, 4) is 23.0 Å². The summed E-state index contributed by atoms with van der Waals surface area (Å²) in [6.07, 6.45) is 0. The smallest absolute Gasteiger partial charge is 0.341 e. The molecule has 3 rings (SSSR count). The average Bonchev–Trinajstić information content (AvgIpc) is 3.21. The fraction of sp³-hybridized carbons (Fsp3) is 0.211. The largest absolute Gasteiger partial charge is 0.496 e. The van der Waals surface area contributed by atoms with Crippen LogP contribution in [-0.4, -0.2) is 34.1 Å². The molecular weight excluding hydrogens is 366 g/mol. The van der Waals surface area contributed by atoms with Crippen molar-refractivity contribution in [3.05, 3.63) is 47.0 Å². The lowest BCUT2D eigenvalue weighted by Crippen LogP contribution is -2.23. The Morgan fingerprint density at radius 1 is 1.04 bits per heavy atom. The van der Waals surface area contributed by atoms with Crippen molar-refractivity contribution < 1.29 is 28.5 Å². The Bertz CT molecular complexity index is 942. The van der Waals surface area contributed by atoms with Crippen LogP contribution in [-0.2, 0) is 4.74 Å². The third-order valence-electron chi connectivity index (χ3n) is 4.28. The highest BCUT2D eigenvalue weighted by atomic mass is 16.7. The number of fused-ring (bicyclic) bond motifs is 1. The van der Waals surface area contributed by atoms with Crippen LogP contribution in [0.5, 0.6) is 23.0 Å². The van der Waals surface area contributed by atoms with Crippen LogP contribution in [0, 0.1) is 0 Å². The lowest BCUT2D eigenvalue weighted by Gasteiger charge is -2.15. The molecule has 9 heteroatoms. The molecule has 2 aromatic carbocycles. The second-order valence-electron chi connectivity index (χ2n) is 5.75. The summed E-state index contributed by atoms with van der Waals surface area (Å²) in [5, 5.41) is 0. The van der Waals surface area contributed by atoms with E-state index in [2.05, 4.69) is 5.43 Å². The van der Waals surface area contributed by atoms with Gasteiger partial charge in [0, 0.05) is 11.1 Å². The van der Waals surface area contributed by atoms with Gasteiger partial charge in [-0.15, -0.1) is 0 Å². The van der Waals surface area contributed by atoms with Gasteiger partial charge in [-0.3, -0.25) is 5.84 Å². The number of rotatable bonds is 6. The fourth-order valence-corrected chi connectivity index (χ4v) is 2.88. The fourth-order valence-electron chi connectivity index (χ4n) is 2.88. The molecule has 5 N–H and O–H groups in total. The third kappa shape index (κ3) is 3.35. The number of methoxy groups -OCH3 is 3. The molecule has 2 aromatic rings. The number of nitrogens with one attached hydrogen (secondary N) is 1. The normalized spacial score (nSPS) is 12.9. The summed E-state index contributed by atoms with van der Waals surface area (Å²) in [7, 11) is 4.28. The minimum Gasteiger partial charge on any atom is -0.496 e. The summed E-state index contributed by atoms with van der Waals surface area (Å²) in [5.74, 6) is 7.07. The first-order chi connectivity index (χ1) is 13.5. The van der Waals surface area contributed by atoms with Gasteiger partial charge < -0.3 is 34.8 Å². The molecule has 0 amide bonds. The van der Waals surface area contributed by atoms with Gasteiger partial charge in [-0.1, -0.05) is 0 Å². The Morgan fingerprint density at radius 2 is 1.79 bits per heavy atom. The van der Waals surface area contributed by atoms with Crippen LogP contribution >= 0.6 is 0 Å². The van der Waals surface area contributed by atoms with Crippen molar-refractivity contribution >= 4 is 17.4 Å². The van der Waals surface area contributed by atoms with Crippen LogP contribution in [0.1, 0.15) is 21.5 Å². The number of ether oxygens (including phenoxy) is 5. The van der Waals surface area contributed by atoms with Crippen molar-refractivity contribution in [2.45, 2.75) is 0 Å². The Kier molecular flexibility index (Phi) is 5.46. The van der Waals surface area contributed by atoms with Crippen molar-refractivity contribution in [3.63, 3.8) is 0 Å². The van der Waals surface area contributed by atoms with E-state index in [-0.39, 0.29) is 12.4 Å². The predicted octanol–water partition coefficient (Wildman–Crippen LogP) is 1.47. The molecule has 1 heterocycles. The van der Waals surface area contributed by atoms with Crippen LogP contribution in [0.15, 0.2) is 30.3 Å². The second kappa shape index (κ2) is 7.97. The van der Waals surface area contributed by atoms with Gasteiger partial charge in [0.05, 0.1) is 32.7 Å². The van der Waals surface area contributed by atoms with Crippen molar-refractivity contribution in [1.82, 2.24) is 5.43 Å². The van der Waals surface area contributed by atoms with Crippen LogP contribution in [0.3, 0.4) is 0 Å². The number of carbonyl (C=O) groups is 1. The van der Waals surface area contributed by atoms with E-state index in [4.69, 9.17) is 35.3 Å². The third-order valence-corrected chi connectivity index (χ3v) is 4.28. The van der Waals surface area contributed by atoms with Crippen LogP contribution in [0.25, 0.3) is 11.4 Å². The molecule has 0 bridgehead atoms. The standard InChI is InChI=1S/C19H21N3O6/c1-24-13-5-4-10(6-12(13)19(23)26-3)17(22-21)16(20)11-7-14(25-2)18-15(8-11)27-9-28-18/h4-8,22H,9,20-21H2,1-3H3/b17-16-. The SMILES string of the molecule is COC(=O)c1cc(/C(NN)=C(/N)c2cc(OC)c3c(c2)OCO3)ccc1OC. The Hall–Kier alpha value is -3.59. The number of nitrogens with two attached hydrogens (primary N) is 2. The summed E-state index contributed by atoms with van der Waals surface area (Å²) in [6.45, 7) is 0.0989. The molecular formula is C19H21N3O6. The molecule has 1 aliphatic rings. The van der Waals surface area contributed by atoms with Gasteiger partial charge in [-0.25, -0.2) is 4.79 Å². The van der Waals surface area contributed by atoms with Gasteiger partial charge in [0.15, 0.2) is 11.5 Å². The Labute approximate surface area is 161 Å². The van der Waals surface area contributed by atoms with Gasteiger partial charge >= 0.3 is 5.97 Å². The maximum atomic E-state index is 12.1. The molecule has 1 aliphatic heterocycles. The molecule has 0 fully saturated rings. The summed E-state index contributed by atoms with van der Waals surface area (Å²) in [5.41, 5.74) is 11.1. The van der Waals surface area contributed by atoms with E-state index in [1.165, 1.54) is 21.3 Å². The monoisotopic (exact) mass is 387 g/mol. The minimum atomic E-state index is -0.543. The molecule has 0 atom stereocenters. The molecule has 0 saturated heterocycles. The molecule has 0 radical (unpaired) electrons. The van der Waals surface area contributed by atoms with Gasteiger partial charge in [0.2, 0.25) is 12.5 Å². The number of esters is 1. The first kappa shape index (κ1) is 19.2. The topological polar surface area (TPSA) is 127 Å². The highest BCUT2D eigenvalue weighted by molar-refractivity contribution is 5.96. The lowest BCUT2D eigenvalue weighted by molar-refractivity contribution is 0.0597. The van der Waals surface area contributed by atoms with Crippen LogP contribution in [0.2, 0.25) is 0 Å². The van der Waals surface area contributed by atoms with Gasteiger partial charge in [0.1, 0.15) is 11.3 Å². The van der Waals surface area contributed by atoms with Gasteiger partial charge in [-0.2, -0.15) is 0 Å². The molecule has 0 unspecified atom stereocenters. The highest BCUT2D eigenvalue weighted by Gasteiger charge is 2.22. The molecule has 0 saturated carbocycles. The second-order valence-corrected chi connectivity index (χ2v) is 5.75. The first-order valence-electron chi connectivity index (χ1n) is 8.25. The molecule has 0 spiro atoms. The van der Waals surface area contributed by atoms with Crippen LogP contribution < -0.4 is 35.9 Å². The first-order valence-corrected chi connectivity index (χ1v) is 8.25. The average molecular weight is 387 g/mol. The molecule has 0 aromatic heterocycles. The zero-order valence-corrected chi connectivity index (χ0v) is 15.7. The number of carbonyl (C=O) groups excluding carboxylic acids is 1. The lowest BCUT2D eigenvalue weighted by atomic mass is 10.0. The molecule has 28 heavy (non-hydrogen) atoms. The summed E-state index contributed by atoms with van der Waals surface area (Å²) < 4.78 is 26.2. The van der Waals surface area contributed by atoms with Gasteiger partial charge in [0.25, 0.3) is 0 Å². The Balaban J connectivity index is 2.12. The number of benzene rings is 2. The maximum Gasteiger partial charge on any atom is 0.341 e. The predicted molar refractivity (Wildman–Crippen MR) is 102 cm³/mol. The van der Waals surface area contributed by atoms with E-state index in [0.29, 0.717) is 45.5 Å².